The van der Waals surface area contributed by atoms with E-state index in [2.05, 4.69) is 87.8 Å². The molecular weight excluding hydrogens is 391 g/mol. The van der Waals surface area contributed by atoms with Crippen molar-refractivity contribution < 1.29 is 4.57 Å². The minimum atomic E-state index is -2.61. The van der Waals surface area contributed by atoms with Crippen molar-refractivity contribution in [2.75, 3.05) is 0 Å². The van der Waals surface area contributed by atoms with Crippen molar-refractivity contribution in [1.82, 2.24) is 0 Å². The Labute approximate surface area is 174 Å². The fraction of sp³-hybridized carbons (Fsp3) is 0.500. The smallest absolute Gasteiger partial charge is 0.146 e. The molecule has 1 aliphatic carbocycles. The van der Waals surface area contributed by atoms with Gasteiger partial charge in [0.1, 0.15) is 7.14 Å². The monoisotopic (exact) mass is 428 g/mol. The van der Waals surface area contributed by atoms with Gasteiger partial charge in [0.05, 0.1) is 16.1 Å². The van der Waals surface area contributed by atoms with Gasteiger partial charge in [0, 0.05) is 16.3 Å². The zero-order valence-electron chi connectivity index (χ0n) is 18.6. The lowest BCUT2D eigenvalue weighted by molar-refractivity contribution is 0.490. The molecule has 152 valence electrons. The highest BCUT2D eigenvalue weighted by atomic mass is 31.2. The maximum absolute atomic E-state index is 14.7. The van der Waals surface area contributed by atoms with Crippen LogP contribution < -0.4 is 21.0 Å². The summed E-state index contributed by atoms with van der Waals surface area (Å²) in [6.45, 7) is 14.2. The fourth-order valence-electron chi connectivity index (χ4n) is 4.38. The van der Waals surface area contributed by atoms with E-state index >= 15 is 0 Å². The summed E-state index contributed by atoms with van der Waals surface area (Å²) in [5.74, 6) is 0. The molecule has 4 heteroatoms. The molecule has 0 atom stereocenters. The van der Waals surface area contributed by atoms with Gasteiger partial charge in [0.25, 0.3) is 0 Å². The van der Waals surface area contributed by atoms with E-state index in [9.17, 15) is 4.57 Å². The van der Waals surface area contributed by atoms with Crippen LogP contribution in [0.1, 0.15) is 32.1 Å². The van der Waals surface area contributed by atoms with E-state index in [0.29, 0.717) is 5.66 Å². The average Bonchev–Trinajstić information content (AvgIpc) is 2.67. The molecule has 3 rings (SSSR count). The van der Waals surface area contributed by atoms with Gasteiger partial charge < -0.3 is 4.57 Å². The van der Waals surface area contributed by atoms with Crippen LogP contribution in [0.4, 0.5) is 0 Å². The summed E-state index contributed by atoms with van der Waals surface area (Å²) in [5, 5.41) is 5.03. The summed E-state index contributed by atoms with van der Waals surface area (Å²) in [4.78, 5) is 0. The second-order valence-corrected chi connectivity index (χ2v) is 23.8. The molecule has 28 heavy (non-hydrogen) atoms. The number of rotatable bonds is 5. The lowest BCUT2D eigenvalue weighted by Crippen LogP contribution is -2.39. The van der Waals surface area contributed by atoms with Gasteiger partial charge in [-0.2, -0.15) is 0 Å². The van der Waals surface area contributed by atoms with Crippen LogP contribution in [0.2, 0.25) is 39.3 Å². The van der Waals surface area contributed by atoms with E-state index in [1.807, 2.05) is 0 Å². The molecule has 1 saturated carbocycles. The van der Waals surface area contributed by atoms with Crippen molar-refractivity contribution in [3.8, 4) is 0 Å². The largest absolute Gasteiger partial charge is 0.313 e. The second kappa shape index (κ2) is 8.09. The molecule has 0 N–H and O–H groups in total. The standard InChI is InChI=1S/C24H37OPSi2/c1-27(2,3)23-16-12-21(13-17-23)26(25,20-10-8-7-9-11-20)22-14-18-24(19-15-22)28(4,5)6/h12-20H,7-11H2,1-6H3. The number of benzene rings is 2. The van der Waals surface area contributed by atoms with Gasteiger partial charge in [-0.25, -0.2) is 0 Å². The van der Waals surface area contributed by atoms with E-state index in [-0.39, 0.29) is 0 Å². The topological polar surface area (TPSA) is 17.1 Å². The molecule has 0 saturated heterocycles. The minimum Gasteiger partial charge on any atom is -0.313 e. The minimum absolute atomic E-state index is 0.303. The maximum Gasteiger partial charge on any atom is 0.146 e. The van der Waals surface area contributed by atoms with Crippen LogP contribution in [0.15, 0.2) is 48.5 Å². The summed E-state index contributed by atoms with van der Waals surface area (Å²) in [7, 11) is -5.31. The van der Waals surface area contributed by atoms with Crippen LogP contribution in [0.3, 0.4) is 0 Å². The molecule has 1 fully saturated rings. The molecule has 1 nitrogen and oxygen atoms in total. The van der Waals surface area contributed by atoms with Gasteiger partial charge in [-0.05, 0) is 12.8 Å². The predicted molar refractivity (Wildman–Crippen MR) is 133 cm³/mol. The molecule has 0 radical (unpaired) electrons. The van der Waals surface area contributed by atoms with Gasteiger partial charge in [-0.3, -0.25) is 0 Å². The lowest BCUT2D eigenvalue weighted by Gasteiger charge is -2.32. The quantitative estimate of drug-likeness (QED) is 0.459. The number of hydrogen-bond donors (Lipinski definition) is 0. The highest BCUT2D eigenvalue weighted by Crippen LogP contribution is 2.53. The highest BCUT2D eigenvalue weighted by molar-refractivity contribution is 7.79. The van der Waals surface area contributed by atoms with Crippen LogP contribution in [0.25, 0.3) is 0 Å². The molecular formula is C24H37OPSi2. The van der Waals surface area contributed by atoms with Crippen LogP contribution in [0.5, 0.6) is 0 Å². The van der Waals surface area contributed by atoms with Crippen LogP contribution >= 0.6 is 7.14 Å². The summed E-state index contributed by atoms with van der Waals surface area (Å²) >= 11 is 0. The Bertz CT molecular complexity index is 775. The Balaban J connectivity index is 2.07. The van der Waals surface area contributed by atoms with Crippen LogP contribution in [-0.2, 0) is 4.57 Å². The summed E-state index contributed by atoms with van der Waals surface area (Å²) in [5.41, 5.74) is 0.303. The third-order valence-electron chi connectivity index (χ3n) is 6.32. The molecule has 0 bridgehead atoms. The molecule has 0 aliphatic heterocycles. The molecule has 0 unspecified atom stereocenters. The maximum atomic E-state index is 14.7. The fourth-order valence-corrected chi connectivity index (χ4v) is 10.1. The summed E-state index contributed by atoms with van der Waals surface area (Å²) in [6, 6.07) is 17.8. The number of hydrogen-bond acceptors (Lipinski definition) is 1. The van der Waals surface area contributed by atoms with Crippen molar-refractivity contribution in [3.05, 3.63) is 48.5 Å². The molecule has 0 heterocycles. The SMILES string of the molecule is C[Si](C)(C)c1ccc(P(=O)(c2ccc([Si](C)(C)C)cc2)C2CCCCC2)cc1. The van der Waals surface area contributed by atoms with E-state index in [1.54, 1.807) is 0 Å². The van der Waals surface area contributed by atoms with Gasteiger partial charge >= 0.3 is 0 Å². The Morgan fingerprint density at radius 2 is 1.00 bits per heavy atom. The third kappa shape index (κ3) is 4.47. The molecule has 0 spiro atoms. The van der Waals surface area contributed by atoms with E-state index in [0.717, 1.165) is 23.5 Å². The second-order valence-electron chi connectivity index (χ2n) is 10.5. The molecule has 0 aromatic heterocycles. The first kappa shape index (κ1) is 21.8. The normalized spacial score (nSPS) is 16.9. The molecule has 2 aromatic carbocycles. The zero-order chi connectivity index (χ0) is 20.6. The molecule has 0 amide bonds. The van der Waals surface area contributed by atoms with Crippen molar-refractivity contribution in [3.63, 3.8) is 0 Å². The Hall–Kier alpha value is -0.896. The van der Waals surface area contributed by atoms with Gasteiger partial charge in [-0.15, -0.1) is 0 Å². The lowest BCUT2D eigenvalue weighted by atomic mass is 10.0. The van der Waals surface area contributed by atoms with Crippen molar-refractivity contribution in [1.29, 1.82) is 0 Å². The van der Waals surface area contributed by atoms with E-state index in [1.165, 1.54) is 29.6 Å². The van der Waals surface area contributed by atoms with E-state index < -0.39 is 23.3 Å². The Morgan fingerprint density at radius 3 is 1.32 bits per heavy atom. The average molecular weight is 429 g/mol. The van der Waals surface area contributed by atoms with Crippen molar-refractivity contribution in [2.45, 2.75) is 77.0 Å². The van der Waals surface area contributed by atoms with Crippen LogP contribution in [-0.4, -0.2) is 21.8 Å². The predicted octanol–water partition coefficient (Wildman–Crippen LogP) is 5.42. The van der Waals surface area contributed by atoms with Gasteiger partial charge in [-0.1, -0.05) is 117 Å². The van der Waals surface area contributed by atoms with E-state index in [4.69, 9.17) is 0 Å². The van der Waals surface area contributed by atoms with Crippen LogP contribution in [0, 0.1) is 0 Å². The van der Waals surface area contributed by atoms with Gasteiger partial charge in [0.15, 0.2) is 0 Å². The zero-order valence-corrected chi connectivity index (χ0v) is 21.5. The van der Waals surface area contributed by atoms with Crippen molar-refractivity contribution in [2.24, 2.45) is 0 Å². The summed E-state index contributed by atoms with van der Waals surface area (Å²) in [6.07, 6.45) is 5.93. The Kier molecular flexibility index (Phi) is 6.30. The first-order chi connectivity index (χ1) is 13.0. The molecule has 1 aliphatic rings. The van der Waals surface area contributed by atoms with Gasteiger partial charge in [0.2, 0.25) is 0 Å². The first-order valence-corrected chi connectivity index (χ1v) is 19.6. The third-order valence-corrected chi connectivity index (χ3v) is 14.1. The first-order valence-electron chi connectivity index (χ1n) is 10.8. The summed E-state index contributed by atoms with van der Waals surface area (Å²) < 4.78 is 14.7. The highest BCUT2D eigenvalue weighted by Gasteiger charge is 2.37. The molecule has 2 aromatic rings. The Morgan fingerprint density at radius 1 is 0.643 bits per heavy atom. The van der Waals surface area contributed by atoms with Crippen molar-refractivity contribution >= 4 is 44.3 Å².